The first-order valence-electron chi connectivity index (χ1n) is 6.85. The van der Waals surface area contributed by atoms with E-state index in [1.165, 1.54) is 12.5 Å². The Morgan fingerprint density at radius 2 is 2.16 bits per heavy atom. The van der Waals surface area contributed by atoms with Gasteiger partial charge in [-0.1, -0.05) is 19.3 Å². The van der Waals surface area contributed by atoms with Crippen molar-refractivity contribution in [2.45, 2.75) is 45.1 Å². The molecular weight excluding hydrogens is 245 g/mol. The highest BCUT2D eigenvalue weighted by molar-refractivity contribution is 5.98. The molecule has 2 rings (SSSR count). The Morgan fingerprint density at radius 1 is 1.47 bits per heavy atom. The van der Waals surface area contributed by atoms with Gasteiger partial charge in [-0.3, -0.25) is 4.79 Å². The van der Waals surface area contributed by atoms with Crippen molar-refractivity contribution < 1.29 is 9.18 Å². The molecule has 0 radical (unpaired) electrons. The Kier molecular flexibility index (Phi) is 4.35. The third-order valence-corrected chi connectivity index (χ3v) is 3.73. The van der Waals surface area contributed by atoms with Crippen molar-refractivity contribution in [3.63, 3.8) is 0 Å². The van der Waals surface area contributed by atoms with Crippen molar-refractivity contribution in [2.75, 3.05) is 12.3 Å². The van der Waals surface area contributed by atoms with Gasteiger partial charge in [-0.05, 0) is 25.8 Å². The number of hydrogen-bond donors (Lipinski definition) is 1. The molecule has 0 spiro atoms. The van der Waals surface area contributed by atoms with Crippen LogP contribution < -0.4 is 5.73 Å². The molecule has 1 aromatic rings. The number of nitrogens with zero attached hydrogens (tertiary/aromatic N) is 2. The predicted molar refractivity (Wildman–Crippen MR) is 72.2 cm³/mol. The maximum absolute atomic E-state index is 13.2. The van der Waals surface area contributed by atoms with Gasteiger partial charge in [0, 0.05) is 12.6 Å². The van der Waals surface area contributed by atoms with Gasteiger partial charge in [-0.25, -0.2) is 9.37 Å². The number of aromatic nitrogens is 1. The van der Waals surface area contributed by atoms with E-state index in [-0.39, 0.29) is 23.3 Å². The van der Waals surface area contributed by atoms with Gasteiger partial charge in [0.15, 0.2) is 0 Å². The van der Waals surface area contributed by atoms with E-state index in [0.29, 0.717) is 6.54 Å². The summed E-state index contributed by atoms with van der Waals surface area (Å²) in [6, 6.07) is 1.42. The maximum atomic E-state index is 13.2. The monoisotopic (exact) mass is 265 g/mol. The molecule has 0 atom stereocenters. The number of nitrogen functional groups attached to an aromatic ring is 1. The Balaban J connectivity index is 2.22. The van der Waals surface area contributed by atoms with Crippen LogP contribution in [0.4, 0.5) is 10.2 Å². The van der Waals surface area contributed by atoms with Crippen LogP contribution in [0.15, 0.2) is 12.3 Å². The minimum Gasteiger partial charge on any atom is -0.383 e. The van der Waals surface area contributed by atoms with Crippen molar-refractivity contribution in [2.24, 2.45) is 0 Å². The number of pyridine rings is 1. The van der Waals surface area contributed by atoms with Crippen LogP contribution in [-0.2, 0) is 0 Å². The molecule has 4 nitrogen and oxygen atoms in total. The summed E-state index contributed by atoms with van der Waals surface area (Å²) in [5.74, 6) is -0.642. The summed E-state index contributed by atoms with van der Waals surface area (Å²) in [4.78, 5) is 18.0. The summed E-state index contributed by atoms with van der Waals surface area (Å²) in [6.45, 7) is 2.55. The molecule has 1 aromatic heterocycles. The van der Waals surface area contributed by atoms with Gasteiger partial charge in [-0.15, -0.1) is 0 Å². The predicted octanol–water partition coefficient (Wildman–Crippen LogP) is 2.60. The van der Waals surface area contributed by atoms with Crippen LogP contribution in [-0.4, -0.2) is 28.4 Å². The van der Waals surface area contributed by atoms with Gasteiger partial charge in [0.25, 0.3) is 5.91 Å². The molecule has 104 valence electrons. The zero-order valence-corrected chi connectivity index (χ0v) is 11.2. The standard InChI is InChI=1S/C14H20FN3O/c1-2-18(11-6-4-3-5-7-11)14(19)12-8-10(15)9-17-13(12)16/h8-9,11H,2-7H2,1H3,(H2,16,17). The molecule has 0 aromatic carbocycles. The molecule has 0 bridgehead atoms. The van der Waals surface area contributed by atoms with E-state index in [9.17, 15) is 9.18 Å². The fourth-order valence-electron chi connectivity index (χ4n) is 2.74. The summed E-state index contributed by atoms with van der Waals surface area (Å²) < 4.78 is 13.2. The first-order chi connectivity index (χ1) is 9.13. The molecule has 1 aliphatic rings. The van der Waals surface area contributed by atoms with Crippen molar-refractivity contribution in [1.82, 2.24) is 9.88 Å². The number of carbonyl (C=O) groups is 1. The Bertz CT molecular complexity index is 458. The van der Waals surface area contributed by atoms with E-state index >= 15 is 0 Å². The molecule has 2 N–H and O–H groups in total. The zero-order chi connectivity index (χ0) is 13.8. The third-order valence-electron chi connectivity index (χ3n) is 3.73. The minimum atomic E-state index is -0.530. The van der Waals surface area contributed by atoms with E-state index in [4.69, 9.17) is 5.73 Å². The largest absolute Gasteiger partial charge is 0.383 e. The lowest BCUT2D eigenvalue weighted by Gasteiger charge is -2.33. The van der Waals surface area contributed by atoms with Crippen molar-refractivity contribution in [1.29, 1.82) is 0 Å². The lowest BCUT2D eigenvalue weighted by molar-refractivity contribution is 0.0648. The summed E-state index contributed by atoms with van der Waals surface area (Å²) in [5.41, 5.74) is 5.86. The lowest BCUT2D eigenvalue weighted by Crippen LogP contribution is -2.41. The molecule has 1 saturated carbocycles. The van der Waals surface area contributed by atoms with Crippen LogP contribution in [0.5, 0.6) is 0 Å². The highest BCUT2D eigenvalue weighted by Crippen LogP contribution is 2.24. The highest BCUT2D eigenvalue weighted by atomic mass is 19.1. The normalized spacial score (nSPS) is 16.3. The van der Waals surface area contributed by atoms with Crippen molar-refractivity contribution in [3.05, 3.63) is 23.6 Å². The fourth-order valence-corrected chi connectivity index (χ4v) is 2.74. The second-order valence-corrected chi connectivity index (χ2v) is 4.97. The van der Waals surface area contributed by atoms with E-state index in [0.717, 1.165) is 31.9 Å². The van der Waals surface area contributed by atoms with E-state index in [1.807, 2.05) is 6.92 Å². The lowest BCUT2D eigenvalue weighted by atomic mass is 9.93. The second kappa shape index (κ2) is 5.99. The molecular formula is C14H20FN3O. The second-order valence-electron chi connectivity index (χ2n) is 4.97. The number of carbonyl (C=O) groups excluding carboxylic acids is 1. The van der Waals surface area contributed by atoms with Gasteiger partial charge < -0.3 is 10.6 Å². The molecule has 19 heavy (non-hydrogen) atoms. The molecule has 1 aliphatic carbocycles. The fraction of sp³-hybridized carbons (Fsp3) is 0.571. The van der Waals surface area contributed by atoms with E-state index < -0.39 is 5.82 Å². The van der Waals surface area contributed by atoms with Crippen LogP contribution in [0.1, 0.15) is 49.4 Å². The van der Waals surface area contributed by atoms with Gasteiger partial charge in [-0.2, -0.15) is 0 Å². The first kappa shape index (κ1) is 13.8. The summed E-state index contributed by atoms with van der Waals surface area (Å²) in [7, 11) is 0. The average Bonchev–Trinajstić information content (AvgIpc) is 2.43. The third kappa shape index (κ3) is 3.03. The number of rotatable bonds is 3. The molecule has 1 amide bonds. The van der Waals surface area contributed by atoms with Crippen LogP contribution in [0.2, 0.25) is 0 Å². The number of halogens is 1. The number of nitrogens with two attached hydrogens (primary N) is 1. The maximum Gasteiger partial charge on any atom is 0.257 e. The van der Waals surface area contributed by atoms with Crippen LogP contribution in [0.3, 0.4) is 0 Å². The van der Waals surface area contributed by atoms with Gasteiger partial charge in [0.05, 0.1) is 11.8 Å². The Hall–Kier alpha value is -1.65. The molecule has 1 fully saturated rings. The molecule has 0 saturated heterocycles. The number of hydrogen-bond acceptors (Lipinski definition) is 3. The van der Waals surface area contributed by atoms with Crippen LogP contribution in [0, 0.1) is 5.82 Å². The molecule has 5 heteroatoms. The number of amides is 1. The summed E-state index contributed by atoms with van der Waals surface area (Å²) >= 11 is 0. The molecule has 0 unspecified atom stereocenters. The van der Waals surface area contributed by atoms with Crippen molar-refractivity contribution >= 4 is 11.7 Å². The zero-order valence-electron chi connectivity index (χ0n) is 11.2. The topological polar surface area (TPSA) is 59.2 Å². The first-order valence-corrected chi connectivity index (χ1v) is 6.85. The summed E-state index contributed by atoms with van der Waals surface area (Å²) in [5, 5.41) is 0. The van der Waals surface area contributed by atoms with Gasteiger partial charge in [0.2, 0.25) is 0 Å². The quantitative estimate of drug-likeness (QED) is 0.913. The van der Waals surface area contributed by atoms with Gasteiger partial charge in [0.1, 0.15) is 11.6 Å². The van der Waals surface area contributed by atoms with E-state index in [2.05, 4.69) is 4.98 Å². The SMILES string of the molecule is CCN(C(=O)c1cc(F)cnc1N)C1CCCCC1. The van der Waals surface area contributed by atoms with E-state index in [1.54, 1.807) is 4.90 Å². The molecule has 1 heterocycles. The Morgan fingerprint density at radius 3 is 2.79 bits per heavy atom. The van der Waals surface area contributed by atoms with Crippen molar-refractivity contribution in [3.8, 4) is 0 Å². The smallest absolute Gasteiger partial charge is 0.257 e. The van der Waals surface area contributed by atoms with Gasteiger partial charge >= 0.3 is 0 Å². The Labute approximate surface area is 112 Å². The molecule has 0 aliphatic heterocycles. The average molecular weight is 265 g/mol. The van der Waals surface area contributed by atoms with Crippen LogP contribution in [0.25, 0.3) is 0 Å². The van der Waals surface area contributed by atoms with Crippen LogP contribution >= 0.6 is 0 Å². The number of anilines is 1. The summed E-state index contributed by atoms with van der Waals surface area (Å²) in [6.07, 6.45) is 6.58. The highest BCUT2D eigenvalue weighted by Gasteiger charge is 2.26. The minimum absolute atomic E-state index is 0.0978.